The Balaban J connectivity index is 1.53. The number of carbonyl (C=O) groups is 2. The normalized spacial score (nSPS) is 21.7. The number of nitrogens with zero attached hydrogens (tertiary/aromatic N) is 2. The van der Waals surface area contributed by atoms with Crippen molar-refractivity contribution in [1.82, 2.24) is 15.1 Å². The van der Waals surface area contributed by atoms with Crippen LogP contribution in [0.25, 0.3) is 0 Å². The van der Waals surface area contributed by atoms with Gasteiger partial charge in [0, 0.05) is 58.9 Å². The molecule has 2 fully saturated rings. The molecule has 2 aliphatic heterocycles. The van der Waals surface area contributed by atoms with Gasteiger partial charge in [-0.05, 0) is 18.8 Å². The van der Waals surface area contributed by atoms with Gasteiger partial charge in [0.25, 0.3) is 5.91 Å². The standard InChI is InChI=1S/C18H33N3O4/c1-15(2)14-24-13-6-19-17(22)5-7-20-8-10-21(11-9-20)18(23)16-4-3-12-25-16/h15-16H,3-14H2,1-2H3,(H,19,22). The van der Waals surface area contributed by atoms with E-state index in [-0.39, 0.29) is 17.9 Å². The lowest BCUT2D eigenvalue weighted by Crippen LogP contribution is -2.51. The van der Waals surface area contributed by atoms with Crippen molar-refractivity contribution in [2.45, 2.75) is 39.2 Å². The van der Waals surface area contributed by atoms with E-state index in [1.807, 2.05) is 4.90 Å². The molecule has 2 rings (SSSR count). The van der Waals surface area contributed by atoms with Gasteiger partial charge in [0.2, 0.25) is 5.91 Å². The third kappa shape index (κ3) is 7.30. The minimum Gasteiger partial charge on any atom is -0.379 e. The van der Waals surface area contributed by atoms with E-state index >= 15 is 0 Å². The lowest BCUT2D eigenvalue weighted by molar-refractivity contribution is -0.142. The van der Waals surface area contributed by atoms with Crippen LogP contribution in [0.4, 0.5) is 0 Å². The van der Waals surface area contributed by atoms with E-state index in [1.165, 1.54) is 0 Å². The first-order valence-corrected chi connectivity index (χ1v) is 9.53. The van der Waals surface area contributed by atoms with Crippen LogP contribution in [0.5, 0.6) is 0 Å². The third-order valence-electron chi connectivity index (χ3n) is 4.56. The molecule has 2 saturated heterocycles. The Morgan fingerprint density at radius 1 is 1.24 bits per heavy atom. The summed E-state index contributed by atoms with van der Waals surface area (Å²) in [5, 5.41) is 2.89. The van der Waals surface area contributed by atoms with Crippen molar-refractivity contribution in [2.24, 2.45) is 5.92 Å². The first-order valence-electron chi connectivity index (χ1n) is 9.53. The SMILES string of the molecule is CC(C)COCCNC(=O)CCN1CCN(C(=O)C2CCCO2)CC1. The second-order valence-corrected chi connectivity index (χ2v) is 7.24. The average Bonchev–Trinajstić information content (AvgIpc) is 3.14. The van der Waals surface area contributed by atoms with Gasteiger partial charge >= 0.3 is 0 Å². The van der Waals surface area contributed by atoms with Gasteiger partial charge in [-0.15, -0.1) is 0 Å². The minimum atomic E-state index is -0.227. The van der Waals surface area contributed by atoms with Crippen molar-refractivity contribution in [3.05, 3.63) is 0 Å². The first kappa shape index (κ1) is 20.1. The van der Waals surface area contributed by atoms with Crippen LogP contribution in [0.2, 0.25) is 0 Å². The Morgan fingerprint density at radius 3 is 2.64 bits per heavy atom. The van der Waals surface area contributed by atoms with Gasteiger partial charge in [0.15, 0.2) is 0 Å². The quantitative estimate of drug-likeness (QED) is 0.610. The number of rotatable bonds is 9. The molecule has 25 heavy (non-hydrogen) atoms. The molecule has 0 saturated carbocycles. The van der Waals surface area contributed by atoms with Gasteiger partial charge in [-0.2, -0.15) is 0 Å². The Kier molecular flexibility index (Phi) is 8.64. The van der Waals surface area contributed by atoms with Crippen molar-refractivity contribution < 1.29 is 19.1 Å². The summed E-state index contributed by atoms with van der Waals surface area (Å²) >= 11 is 0. The van der Waals surface area contributed by atoms with Crippen LogP contribution < -0.4 is 5.32 Å². The van der Waals surface area contributed by atoms with Gasteiger partial charge < -0.3 is 19.7 Å². The van der Waals surface area contributed by atoms with E-state index in [0.717, 1.165) is 52.2 Å². The Hall–Kier alpha value is -1.18. The number of hydrogen-bond donors (Lipinski definition) is 1. The van der Waals surface area contributed by atoms with E-state index in [1.54, 1.807) is 0 Å². The molecule has 1 unspecified atom stereocenters. The summed E-state index contributed by atoms with van der Waals surface area (Å²) in [7, 11) is 0. The molecule has 0 spiro atoms. The lowest BCUT2D eigenvalue weighted by atomic mass is 10.2. The summed E-state index contributed by atoms with van der Waals surface area (Å²) in [6, 6.07) is 0. The Labute approximate surface area is 151 Å². The lowest BCUT2D eigenvalue weighted by Gasteiger charge is -2.35. The van der Waals surface area contributed by atoms with Crippen LogP contribution in [-0.4, -0.2) is 86.8 Å². The van der Waals surface area contributed by atoms with Crippen LogP contribution in [-0.2, 0) is 19.1 Å². The number of hydrogen-bond acceptors (Lipinski definition) is 5. The van der Waals surface area contributed by atoms with Gasteiger partial charge in [-0.3, -0.25) is 14.5 Å². The fourth-order valence-electron chi connectivity index (χ4n) is 3.10. The smallest absolute Gasteiger partial charge is 0.251 e. The maximum atomic E-state index is 12.3. The molecular formula is C18H33N3O4. The largest absolute Gasteiger partial charge is 0.379 e. The maximum Gasteiger partial charge on any atom is 0.251 e. The van der Waals surface area contributed by atoms with Gasteiger partial charge in [0.05, 0.1) is 6.61 Å². The highest BCUT2D eigenvalue weighted by Gasteiger charge is 2.30. The molecule has 2 aliphatic rings. The van der Waals surface area contributed by atoms with E-state index in [0.29, 0.717) is 32.1 Å². The number of piperazine rings is 1. The van der Waals surface area contributed by atoms with Crippen molar-refractivity contribution in [2.75, 3.05) is 59.1 Å². The number of ether oxygens (including phenoxy) is 2. The van der Waals surface area contributed by atoms with E-state index < -0.39 is 0 Å². The van der Waals surface area contributed by atoms with Crippen LogP contribution >= 0.6 is 0 Å². The fourth-order valence-corrected chi connectivity index (χ4v) is 3.10. The monoisotopic (exact) mass is 355 g/mol. The Morgan fingerprint density at radius 2 is 2.00 bits per heavy atom. The van der Waals surface area contributed by atoms with E-state index in [9.17, 15) is 9.59 Å². The maximum absolute atomic E-state index is 12.3. The molecule has 144 valence electrons. The zero-order valence-corrected chi connectivity index (χ0v) is 15.7. The van der Waals surface area contributed by atoms with Crippen LogP contribution in [0.3, 0.4) is 0 Å². The molecule has 0 aromatic rings. The molecular weight excluding hydrogens is 322 g/mol. The Bertz CT molecular complexity index is 417. The summed E-state index contributed by atoms with van der Waals surface area (Å²) in [6.07, 6.45) is 2.09. The molecule has 7 nitrogen and oxygen atoms in total. The first-order chi connectivity index (χ1) is 12.1. The number of nitrogens with one attached hydrogen (secondary N) is 1. The second-order valence-electron chi connectivity index (χ2n) is 7.24. The van der Waals surface area contributed by atoms with Gasteiger partial charge in [-0.25, -0.2) is 0 Å². The molecule has 0 aliphatic carbocycles. The van der Waals surface area contributed by atoms with Crippen LogP contribution in [0.1, 0.15) is 33.1 Å². The average molecular weight is 355 g/mol. The number of carbonyl (C=O) groups excluding carboxylic acids is 2. The van der Waals surface area contributed by atoms with Crippen molar-refractivity contribution in [3.63, 3.8) is 0 Å². The molecule has 1 atom stereocenters. The zero-order chi connectivity index (χ0) is 18.1. The fraction of sp³-hybridized carbons (Fsp3) is 0.889. The highest BCUT2D eigenvalue weighted by atomic mass is 16.5. The summed E-state index contributed by atoms with van der Waals surface area (Å²) < 4.78 is 10.9. The van der Waals surface area contributed by atoms with Crippen molar-refractivity contribution >= 4 is 11.8 Å². The molecule has 0 aromatic heterocycles. The van der Waals surface area contributed by atoms with Gasteiger partial charge in [-0.1, -0.05) is 13.8 Å². The molecule has 2 heterocycles. The summed E-state index contributed by atoms with van der Waals surface area (Å²) in [5.74, 6) is 0.712. The van der Waals surface area contributed by atoms with Crippen LogP contribution in [0, 0.1) is 5.92 Å². The highest BCUT2D eigenvalue weighted by Crippen LogP contribution is 2.16. The second kappa shape index (κ2) is 10.7. The molecule has 2 amide bonds. The summed E-state index contributed by atoms with van der Waals surface area (Å²) in [4.78, 5) is 28.3. The molecule has 0 aromatic carbocycles. The molecule has 7 heteroatoms. The summed E-state index contributed by atoms with van der Waals surface area (Å²) in [5.41, 5.74) is 0. The predicted octanol–water partition coefficient (Wildman–Crippen LogP) is 0.489. The van der Waals surface area contributed by atoms with E-state index in [2.05, 4.69) is 24.1 Å². The molecule has 0 radical (unpaired) electrons. The topological polar surface area (TPSA) is 71.1 Å². The zero-order valence-electron chi connectivity index (χ0n) is 15.7. The number of amides is 2. The van der Waals surface area contributed by atoms with Crippen LogP contribution in [0.15, 0.2) is 0 Å². The van der Waals surface area contributed by atoms with Crippen molar-refractivity contribution in [1.29, 1.82) is 0 Å². The van der Waals surface area contributed by atoms with Gasteiger partial charge in [0.1, 0.15) is 6.10 Å². The highest BCUT2D eigenvalue weighted by molar-refractivity contribution is 5.81. The molecule has 0 bridgehead atoms. The molecule has 1 N–H and O–H groups in total. The third-order valence-corrected chi connectivity index (χ3v) is 4.56. The summed E-state index contributed by atoms with van der Waals surface area (Å²) in [6.45, 7) is 10.6. The van der Waals surface area contributed by atoms with Crippen molar-refractivity contribution in [3.8, 4) is 0 Å². The van der Waals surface area contributed by atoms with E-state index in [4.69, 9.17) is 9.47 Å². The predicted molar refractivity (Wildman–Crippen MR) is 95.3 cm³/mol. The minimum absolute atomic E-state index is 0.0611.